The van der Waals surface area contributed by atoms with E-state index < -0.39 is 11.3 Å². The van der Waals surface area contributed by atoms with Crippen LogP contribution in [0.4, 0.5) is 0 Å². The lowest BCUT2D eigenvalue weighted by Crippen LogP contribution is -2.13. The van der Waals surface area contributed by atoms with Gasteiger partial charge in [-0.25, -0.2) is 0 Å². The Hall–Kier alpha value is -1.38. The fourth-order valence-electron chi connectivity index (χ4n) is 1.00. The van der Waals surface area contributed by atoms with E-state index in [4.69, 9.17) is 26.3 Å². The molecule has 96 valence electrons. The molecule has 0 aliphatic heterocycles. The molecule has 0 aliphatic carbocycles. The Morgan fingerprint density at radius 3 is 2.83 bits per heavy atom. The first-order chi connectivity index (χ1) is 8.72. The molecule has 0 amide bonds. The van der Waals surface area contributed by atoms with Crippen LogP contribution in [0, 0.1) is 11.3 Å². The molecule has 18 heavy (non-hydrogen) atoms. The summed E-state index contributed by atoms with van der Waals surface area (Å²) in [6.45, 7) is -0.119. The minimum Gasteiger partial charge on any atom is -0.457 e. The van der Waals surface area contributed by atoms with Gasteiger partial charge in [0.2, 0.25) is 6.79 Å². The van der Waals surface area contributed by atoms with Gasteiger partial charge in [0, 0.05) is 5.75 Å². The number of nitrogens with zero attached hydrogens (tertiary/aromatic N) is 1. The maximum absolute atomic E-state index is 11.3. The summed E-state index contributed by atoms with van der Waals surface area (Å²) in [5.74, 6) is 0.802. The summed E-state index contributed by atoms with van der Waals surface area (Å²) >= 11 is 6.83. The van der Waals surface area contributed by atoms with Gasteiger partial charge in [0.05, 0.1) is 11.8 Å². The second-order valence-electron chi connectivity index (χ2n) is 3.20. The predicted octanol–water partition coefficient (Wildman–Crippen LogP) is 2.43. The van der Waals surface area contributed by atoms with Crippen molar-refractivity contribution in [3.63, 3.8) is 0 Å². The van der Waals surface area contributed by atoms with Gasteiger partial charge in [0.15, 0.2) is 0 Å². The zero-order valence-corrected chi connectivity index (χ0v) is 11.1. The molecule has 1 atom stereocenters. The molecule has 0 saturated heterocycles. The van der Waals surface area contributed by atoms with Gasteiger partial charge >= 0.3 is 5.97 Å². The van der Waals surface area contributed by atoms with Gasteiger partial charge in [-0.05, 0) is 12.1 Å². The molecule has 1 rings (SSSR count). The number of ether oxygens (including phenoxy) is 2. The standard InChI is InChI=1S/C12H12ClNO3S/c13-10(6-14)7-18-8-12(15)17-9-16-11-4-2-1-3-5-11/h1-5,10H,7-9H2. The van der Waals surface area contributed by atoms with Crippen molar-refractivity contribution in [3.05, 3.63) is 30.3 Å². The van der Waals surface area contributed by atoms with Crippen molar-refractivity contribution in [2.24, 2.45) is 0 Å². The maximum atomic E-state index is 11.3. The number of carbonyl (C=O) groups is 1. The predicted molar refractivity (Wildman–Crippen MR) is 70.6 cm³/mol. The fourth-order valence-corrected chi connectivity index (χ4v) is 1.92. The van der Waals surface area contributed by atoms with Crippen LogP contribution in [0.15, 0.2) is 30.3 Å². The molecule has 1 aromatic rings. The summed E-state index contributed by atoms with van der Waals surface area (Å²) in [5, 5.41) is 7.86. The van der Waals surface area contributed by atoms with E-state index in [0.29, 0.717) is 11.5 Å². The summed E-state index contributed by atoms with van der Waals surface area (Å²) < 4.78 is 10.0. The summed E-state index contributed by atoms with van der Waals surface area (Å²) in [5.41, 5.74) is 0. The highest BCUT2D eigenvalue weighted by Crippen LogP contribution is 2.09. The molecule has 0 aromatic heterocycles. The van der Waals surface area contributed by atoms with Gasteiger partial charge in [0.1, 0.15) is 11.1 Å². The monoisotopic (exact) mass is 285 g/mol. The van der Waals surface area contributed by atoms with Crippen LogP contribution in [0.3, 0.4) is 0 Å². The average molecular weight is 286 g/mol. The minimum absolute atomic E-state index is 0.119. The van der Waals surface area contributed by atoms with Gasteiger partial charge in [-0.1, -0.05) is 18.2 Å². The van der Waals surface area contributed by atoms with Crippen LogP contribution in [-0.2, 0) is 9.53 Å². The van der Waals surface area contributed by atoms with Crippen molar-refractivity contribution in [2.45, 2.75) is 5.38 Å². The lowest BCUT2D eigenvalue weighted by molar-refractivity contribution is -0.146. The van der Waals surface area contributed by atoms with Crippen LogP contribution < -0.4 is 4.74 Å². The molecule has 0 bridgehead atoms. The van der Waals surface area contributed by atoms with Gasteiger partial charge in [-0.2, -0.15) is 5.26 Å². The Bertz CT molecular complexity index is 408. The SMILES string of the molecule is N#CC(Cl)CSCC(=O)OCOc1ccccc1. The summed E-state index contributed by atoms with van der Waals surface area (Å²) in [6.07, 6.45) is 0. The molecule has 4 nitrogen and oxygen atoms in total. The average Bonchev–Trinajstić information content (AvgIpc) is 2.39. The highest BCUT2D eigenvalue weighted by molar-refractivity contribution is 8.00. The number of esters is 1. The van der Waals surface area contributed by atoms with Crippen LogP contribution >= 0.6 is 23.4 Å². The number of para-hydroxylation sites is 1. The second kappa shape index (κ2) is 8.67. The van der Waals surface area contributed by atoms with Crippen molar-refractivity contribution < 1.29 is 14.3 Å². The van der Waals surface area contributed by atoms with Gasteiger partial charge < -0.3 is 9.47 Å². The molecular weight excluding hydrogens is 274 g/mol. The number of thioether (sulfide) groups is 1. The first-order valence-electron chi connectivity index (χ1n) is 5.17. The van der Waals surface area contributed by atoms with E-state index in [1.807, 2.05) is 24.3 Å². The molecule has 0 spiro atoms. The molecule has 0 aliphatic rings. The molecule has 0 fully saturated rings. The zero-order chi connectivity index (χ0) is 13.2. The smallest absolute Gasteiger partial charge is 0.318 e. The number of halogens is 1. The number of benzene rings is 1. The quantitative estimate of drug-likeness (QED) is 0.437. The zero-order valence-electron chi connectivity index (χ0n) is 9.54. The number of hydrogen-bond donors (Lipinski definition) is 0. The van der Waals surface area contributed by atoms with E-state index in [2.05, 4.69) is 0 Å². The topological polar surface area (TPSA) is 59.3 Å². The van der Waals surface area contributed by atoms with Gasteiger partial charge in [0.25, 0.3) is 0 Å². The number of hydrogen-bond acceptors (Lipinski definition) is 5. The lowest BCUT2D eigenvalue weighted by atomic mass is 10.3. The summed E-state index contributed by atoms with van der Waals surface area (Å²) in [6, 6.07) is 10.9. The van der Waals surface area contributed by atoms with E-state index in [-0.39, 0.29) is 12.5 Å². The third-order valence-corrected chi connectivity index (χ3v) is 3.26. The number of rotatable bonds is 7. The minimum atomic E-state index is -0.580. The molecule has 1 unspecified atom stereocenters. The van der Waals surface area contributed by atoms with Crippen molar-refractivity contribution in [1.82, 2.24) is 0 Å². The van der Waals surface area contributed by atoms with Crippen LogP contribution in [0.25, 0.3) is 0 Å². The highest BCUT2D eigenvalue weighted by Gasteiger charge is 2.07. The number of alkyl halides is 1. The van der Waals surface area contributed by atoms with E-state index in [1.54, 1.807) is 12.1 Å². The highest BCUT2D eigenvalue weighted by atomic mass is 35.5. The van der Waals surface area contributed by atoms with Gasteiger partial charge in [-0.15, -0.1) is 23.4 Å². The van der Waals surface area contributed by atoms with E-state index in [9.17, 15) is 4.79 Å². The molecule has 1 aromatic carbocycles. The van der Waals surface area contributed by atoms with Crippen LogP contribution in [0.2, 0.25) is 0 Å². The Balaban J connectivity index is 2.09. The van der Waals surface area contributed by atoms with Gasteiger partial charge in [-0.3, -0.25) is 4.79 Å². The molecule has 0 heterocycles. The second-order valence-corrected chi connectivity index (χ2v) is 4.76. The molecule has 0 radical (unpaired) electrons. The van der Waals surface area contributed by atoms with Crippen molar-refractivity contribution in [2.75, 3.05) is 18.3 Å². The Labute approximate surface area is 115 Å². The largest absolute Gasteiger partial charge is 0.457 e. The van der Waals surface area contributed by atoms with E-state index in [1.165, 1.54) is 11.8 Å². The van der Waals surface area contributed by atoms with E-state index >= 15 is 0 Å². The summed E-state index contributed by atoms with van der Waals surface area (Å²) in [4.78, 5) is 11.3. The first-order valence-corrected chi connectivity index (χ1v) is 6.76. The maximum Gasteiger partial charge on any atom is 0.318 e. The fraction of sp³-hybridized carbons (Fsp3) is 0.333. The number of nitriles is 1. The Morgan fingerprint density at radius 2 is 2.17 bits per heavy atom. The van der Waals surface area contributed by atoms with Crippen molar-refractivity contribution >= 4 is 29.3 Å². The molecule has 6 heteroatoms. The normalized spacial score (nSPS) is 11.3. The Morgan fingerprint density at radius 1 is 1.44 bits per heavy atom. The molecular formula is C12H12ClNO3S. The van der Waals surface area contributed by atoms with Crippen LogP contribution in [0.1, 0.15) is 0 Å². The van der Waals surface area contributed by atoms with Crippen LogP contribution in [0.5, 0.6) is 5.75 Å². The number of carbonyl (C=O) groups excluding carboxylic acids is 1. The third kappa shape index (κ3) is 6.38. The van der Waals surface area contributed by atoms with Crippen molar-refractivity contribution in [3.8, 4) is 11.8 Å². The summed E-state index contributed by atoms with van der Waals surface area (Å²) in [7, 11) is 0. The van der Waals surface area contributed by atoms with Crippen LogP contribution in [-0.4, -0.2) is 29.6 Å². The first kappa shape index (κ1) is 14.7. The molecule has 0 N–H and O–H groups in total. The molecule has 0 saturated carbocycles. The lowest BCUT2D eigenvalue weighted by Gasteiger charge is -2.07. The third-order valence-electron chi connectivity index (χ3n) is 1.81. The van der Waals surface area contributed by atoms with E-state index in [0.717, 1.165) is 0 Å². The van der Waals surface area contributed by atoms with Crippen molar-refractivity contribution in [1.29, 1.82) is 5.26 Å². The Kier molecular flexibility index (Phi) is 7.07.